The highest BCUT2D eigenvalue weighted by Gasteiger charge is 2.07. The van der Waals surface area contributed by atoms with E-state index in [9.17, 15) is 4.39 Å². The van der Waals surface area contributed by atoms with Crippen molar-refractivity contribution in [2.75, 3.05) is 5.32 Å². The average Bonchev–Trinajstić information content (AvgIpc) is 2.76. The Bertz CT molecular complexity index is 490. The molecule has 2 rings (SSSR count). The number of para-hydroxylation sites is 1. The van der Waals surface area contributed by atoms with Crippen molar-refractivity contribution in [1.82, 2.24) is 0 Å². The number of halogens is 2. The Kier molecular flexibility index (Phi) is 3.69. The van der Waals surface area contributed by atoms with Crippen LogP contribution in [0.3, 0.4) is 0 Å². The van der Waals surface area contributed by atoms with E-state index in [-0.39, 0.29) is 5.82 Å². The zero-order chi connectivity index (χ0) is 12.3. The van der Waals surface area contributed by atoms with E-state index in [0.29, 0.717) is 17.3 Å². The third-order valence-corrected chi connectivity index (χ3v) is 2.78. The van der Waals surface area contributed by atoms with E-state index in [1.807, 2.05) is 19.1 Å². The summed E-state index contributed by atoms with van der Waals surface area (Å²) in [5.41, 5.74) is 0.309. The number of hydrogen-bond donors (Lipinski definition) is 1. The van der Waals surface area contributed by atoms with Crippen molar-refractivity contribution in [3.8, 4) is 0 Å². The van der Waals surface area contributed by atoms with Gasteiger partial charge in [-0.05, 0) is 24.3 Å². The molecule has 0 atom stereocenters. The molecule has 0 radical (unpaired) electrons. The van der Waals surface area contributed by atoms with Gasteiger partial charge in [-0.1, -0.05) is 24.6 Å². The van der Waals surface area contributed by atoms with Gasteiger partial charge in [-0.3, -0.25) is 0 Å². The lowest BCUT2D eigenvalue weighted by Gasteiger charge is -2.07. The molecule has 17 heavy (non-hydrogen) atoms. The maximum absolute atomic E-state index is 13.4. The quantitative estimate of drug-likeness (QED) is 0.881. The lowest BCUT2D eigenvalue weighted by Crippen LogP contribution is -2.01. The van der Waals surface area contributed by atoms with Crippen molar-refractivity contribution in [1.29, 1.82) is 0 Å². The van der Waals surface area contributed by atoms with E-state index < -0.39 is 0 Å². The van der Waals surface area contributed by atoms with Gasteiger partial charge < -0.3 is 9.73 Å². The van der Waals surface area contributed by atoms with Crippen LogP contribution in [0.25, 0.3) is 0 Å². The first-order valence-electron chi connectivity index (χ1n) is 5.46. The second-order valence-electron chi connectivity index (χ2n) is 3.67. The van der Waals surface area contributed by atoms with Crippen LogP contribution >= 0.6 is 11.6 Å². The van der Waals surface area contributed by atoms with Crippen LogP contribution in [-0.4, -0.2) is 0 Å². The minimum Gasteiger partial charge on any atom is -0.464 e. The molecule has 0 bridgehead atoms. The van der Waals surface area contributed by atoms with E-state index in [2.05, 4.69) is 5.32 Å². The third kappa shape index (κ3) is 2.80. The molecule has 0 spiro atoms. The summed E-state index contributed by atoms with van der Waals surface area (Å²) in [6.45, 7) is 2.43. The molecule has 0 saturated carbocycles. The number of anilines is 1. The first-order chi connectivity index (χ1) is 8.20. The monoisotopic (exact) mass is 253 g/mol. The molecule has 0 saturated heterocycles. The smallest absolute Gasteiger partial charge is 0.147 e. The number of nitrogens with one attached hydrogen (secondary N) is 1. The minimum atomic E-state index is -0.361. The summed E-state index contributed by atoms with van der Waals surface area (Å²) in [5.74, 6) is 1.32. The minimum absolute atomic E-state index is 0.309. The van der Waals surface area contributed by atoms with Gasteiger partial charge in [0.2, 0.25) is 0 Å². The van der Waals surface area contributed by atoms with Crippen molar-refractivity contribution in [2.24, 2.45) is 0 Å². The fourth-order valence-corrected chi connectivity index (χ4v) is 1.78. The zero-order valence-electron chi connectivity index (χ0n) is 9.47. The van der Waals surface area contributed by atoms with Gasteiger partial charge in [0.15, 0.2) is 0 Å². The lowest BCUT2D eigenvalue weighted by molar-refractivity contribution is 0.475. The molecule has 1 N–H and O–H groups in total. The Morgan fingerprint density at radius 3 is 2.65 bits per heavy atom. The van der Waals surface area contributed by atoms with Crippen molar-refractivity contribution < 1.29 is 8.81 Å². The lowest BCUT2D eigenvalue weighted by atomic mass is 10.3. The molecular formula is C13H13ClFNO. The maximum atomic E-state index is 13.4. The highest BCUT2D eigenvalue weighted by atomic mass is 35.5. The third-order valence-electron chi connectivity index (χ3n) is 2.47. The molecule has 2 aromatic rings. The summed E-state index contributed by atoms with van der Waals surface area (Å²) < 4.78 is 19.0. The number of hydrogen-bond acceptors (Lipinski definition) is 2. The molecule has 1 heterocycles. The Balaban J connectivity index is 2.07. The molecular weight excluding hydrogens is 241 g/mol. The molecule has 2 nitrogen and oxygen atoms in total. The van der Waals surface area contributed by atoms with Crippen LogP contribution in [-0.2, 0) is 13.0 Å². The zero-order valence-corrected chi connectivity index (χ0v) is 10.2. The van der Waals surface area contributed by atoms with E-state index in [0.717, 1.165) is 17.9 Å². The molecule has 0 aliphatic carbocycles. The van der Waals surface area contributed by atoms with Crippen LogP contribution in [0, 0.1) is 5.82 Å². The van der Waals surface area contributed by atoms with Crippen LogP contribution in [0.2, 0.25) is 5.02 Å². The fraction of sp³-hybridized carbons (Fsp3) is 0.231. The average molecular weight is 254 g/mol. The topological polar surface area (TPSA) is 25.2 Å². The van der Waals surface area contributed by atoms with Crippen molar-refractivity contribution in [2.45, 2.75) is 19.9 Å². The molecule has 1 aromatic heterocycles. The summed E-state index contributed by atoms with van der Waals surface area (Å²) in [4.78, 5) is 0. The van der Waals surface area contributed by atoms with E-state index in [1.54, 1.807) is 12.1 Å². The Morgan fingerprint density at radius 2 is 2.00 bits per heavy atom. The van der Waals surface area contributed by atoms with Crippen LogP contribution < -0.4 is 5.32 Å². The first-order valence-corrected chi connectivity index (χ1v) is 5.84. The number of rotatable bonds is 4. The summed E-state index contributed by atoms with van der Waals surface area (Å²) in [5, 5.41) is 3.30. The van der Waals surface area contributed by atoms with Gasteiger partial charge in [0.05, 0.1) is 17.3 Å². The van der Waals surface area contributed by atoms with Gasteiger partial charge in [-0.25, -0.2) is 4.39 Å². The van der Waals surface area contributed by atoms with Gasteiger partial charge in [-0.2, -0.15) is 0 Å². The molecule has 0 unspecified atom stereocenters. The largest absolute Gasteiger partial charge is 0.464 e. The van der Waals surface area contributed by atoms with E-state index >= 15 is 0 Å². The molecule has 0 fully saturated rings. The Labute approximate surface area is 104 Å². The number of benzene rings is 1. The molecule has 0 aliphatic rings. The van der Waals surface area contributed by atoms with Crippen molar-refractivity contribution >= 4 is 17.3 Å². The van der Waals surface area contributed by atoms with Crippen LogP contribution in [0.5, 0.6) is 0 Å². The molecule has 0 aliphatic heterocycles. The Hall–Kier alpha value is -1.48. The second-order valence-corrected chi connectivity index (χ2v) is 4.08. The predicted octanol–water partition coefficient (Wildman–Crippen LogP) is 4.25. The van der Waals surface area contributed by atoms with Gasteiger partial charge in [-0.15, -0.1) is 0 Å². The van der Waals surface area contributed by atoms with Gasteiger partial charge in [0.25, 0.3) is 0 Å². The summed E-state index contributed by atoms with van der Waals surface area (Å²) >= 11 is 5.90. The SMILES string of the molecule is CCc1ccc(CNc2c(F)cccc2Cl)o1. The first kappa shape index (κ1) is 12.0. The summed E-state index contributed by atoms with van der Waals surface area (Å²) in [7, 11) is 0. The van der Waals surface area contributed by atoms with E-state index in [4.69, 9.17) is 16.0 Å². The van der Waals surface area contributed by atoms with Crippen molar-refractivity contribution in [3.05, 3.63) is 52.7 Å². The number of aryl methyl sites for hydroxylation is 1. The highest BCUT2D eigenvalue weighted by molar-refractivity contribution is 6.33. The van der Waals surface area contributed by atoms with Crippen LogP contribution in [0.4, 0.5) is 10.1 Å². The summed E-state index contributed by atoms with van der Waals surface area (Å²) in [6.07, 6.45) is 0.848. The Morgan fingerprint density at radius 1 is 1.24 bits per heavy atom. The molecule has 1 aromatic carbocycles. The van der Waals surface area contributed by atoms with Gasteiger partial charge >= 0.3 is 0 Å². The fourth-order valence-electron chi connectivity index (χ4n) is 1.55. The summed E-state index contributed by atoms with van der Waals surface area (Å²) in [6, 6.07) is 8.38. The van der Waals surface area contributed by atoms with Gasteiger partial charge in [0.1, 0.15) is 17.3 Å². The van der Waals surface area contributed by atoms with Crippen LogP contribution in [0.1, 0.15) is 18.4 Å². The van der Waals surface area contributed by atoms with Gasteiger partial charge in [0, 0.05) is 6.42 Å². The predicted molar refractivity (Wildman–Crippen MR) is 66.8 cm³/mol. The molecule has 4 heteroatoms. The standard InChI is InChI=1S/C13H13ClFNO/c1-2-9-6-7-10(17-9)8-16-13-11(14)4-3-5-12(13)15/h3-7,16H,2,8H2,1H3. The molecule has 90 valence electrons. The van der Waals surface area contributed by atoms with Crippen molar-refractivity contribution in [3.63, 3.8) is 0 Å². The van der Waals surface area contributed by atoms with Crippen LogP contribution in [0.15, 0.2) is 34.7 Å². The highest BCUT2D eigenvalue weighted by Crippen LogP contribution is 2.25. The second kappa shape index (κ2) is 5.23. The molecule has 0 amide bonds. The normalized spacial score (nSPS) is 10.5. The van der Waals surface area contributed by atoms with E-state index in [1.165, 1.54) is 6.07 Å². The number of furan rings is 1. The maximum Gasteiger partial charge on any atom is 0.147 e.